The number of amides is 1. The van der Waals surface area contributed by atoms with Crippen molar-refractivity contribution in [1.82, 2.24) is 20.3 Å². The molecule has 0 fully saturated rings. The summed E-state index contributed by atoms with van der Waals surface area (Å²) in [4.78, 5) is 12.4. The van der Waals surface area contributed by atoms with E-state index in [2.05, 4.69) is 29.5 Å². The van der Waals surface area contributed by atoms with Gasteiger partial charge in [0, 0.05) is 6.54 Å². The third-order valence-electron chi connectivity index (χ3n) is 3.47. The first-order valence-electron chi connectivity index (χ1n) is 7.44. The summed E-state index contributed by atoms with van der Waals surface area (Å²) in [6.45, 7) is 6.54. The van der Waals surface area contributed by atoms with Gasteiger partial charge in [-0.05, 0) is 31.4 Å². The predicted octanol–water partition coefficient (Wildman–Crippen LogP) is 2.18. The standard InChI is InChI=1S/C16H23N5O.ClH/c1-12(2)9-16(3,11-17)18-15(22)14-10-21(20-19-14)13-7-5-4-6-8-13;/h4-8,10,12H,9,11,17H2,1-3H3,(H,18,22);1H. The van der Waals surface area contributed by atoms with Crippen molar-refractivity contribution in [1.29, 1.82) is 0 Å². The van der Waals surface area contributed by atoms with Gasteiger partial charge in [-0.1, -0.05) is 37.3 Å². The number of para-hydroxylation sites is 1. The Morgan fingerprint density at radius 3 is 2.57 bits per heavy atom. The van der Waals surface area contributed by atoms with E-state index in [1.165, 1.54) is 0 Å². The molecule has 3 N–H and O–H groups in total. The lowest BCUT2D eigenvalue weighted by molar-refractivity contribution is 0.0893. The monoisotopic (exact) mass is 337 g/mol. The van der Waals surface area contributed by atoms with E-state index < -0.39 is 5.54 Å². The van der Waals surface area contributed by atoms with Crippen LogP contribution in [0.3, 0.4) is 0 Å². The Hall–Kier alpha value is -1.92. The summed E-state index contributed by atoms with van der Waals surface area (Å²) in [5.41, 5.74) is 6.52. The summed E-state index contributed by atoms with van der Waals surface area (Å²) < 4.78 is 1.58. The number of nitrogens with zero attached hydrogens (tertiary/aromatic N) is 3. The van der Waals surface area contributed by atoms with Gasteiger partial charge < -0.3 is 11.1 Å². The Balaban J connectivity index is 0.00000264. The van der Waals surface area contributed by atoms with E-state index in [4.69, 9.17) is 5.73 Å². The van der Waals surface area contributed by atoms with E-state index in [1.807, 2.05) is 37.3 Å². The number of hydrogen-bond donors (Lipinski definition) is 2. The van der Waals surface area contributed by atoms with Crippen molar-refractivity contribution >= 4 is 18.3 Å². The molecule has 126 valence electrons. The van der Waals surface area contributed by atoms with Gasteiger partial charge in [0.15, 0.2) is 5.69 Å². The quantitative estimate of drug-likeness (QED) is 0.846. The maximum atomic E-state index is 12.4. The first-order valence-corrected chi connectivity index (χ1v) is 7.44. The van der Waals surface area contributed by atoms with Gasteiger partial charge in [0.05, 0.1) is 17.4 Å². The van der Waals surface area contributed by atoms with Crippen molar-refractivity contribution in [2.75, 3.05) is 6.54 Å². The molecule has 7 heteroatoms. The van der Waals surface area contributed by atoms with Gasteiger partial charge in [-0.2, -0.15) is 0 Å². The van der Waals surface area contributed by atoms with Crippen molar-refractivity contribution < 1.29 is 4.79 Å². The molecule has 2 rings (SSSR count). The van der Waals surface area contributed by atoms with Crippen LogP contribution in [0.25, 0.3) is 5.69 Å². The Labute approximate surface area is 142 Å². The minimum absolute atomic E-state index is 0. The fourth-order valence-corrected chi connectivity index (χ4v) is 2.50. The van der Waals surface area contributed by atoms with Crippen LogP contribution in [0.2, 0.25) is 0 Å². The molecule has 23 heavy (non-hydrogen) atoms. The second-order valence-corrected chi connectivity index (χ2v) is 6.20. The summed E-state index contributed by atoms with van der Waals surface area (Å²) in [6, 6.07) is 9.54. The van der Waals surface area contributed by atoms with Crippen LogP contribution in [0.5, 0.6) is 0 Å². The molecule has 1 aromatic carbocycles. The SMILES string of the molecule is CC(C)CC(C)(CN)NC(=O)c1cn(-c2ccccc2)nn1.Cl. The van der Waals surface area contributed by atoms with E-state index in [0.29, 0.717) is 12.5 Å². The molecule has 0 aliphatic carbocycles. The third kappa shape index (κ3) is 5.04. The van der Waals surface area contributed by atoms with Crippen LogP contribution in [0.1, 0.15) is 37.7 Å². The largest absolute Gasteiger partial charge is 0.344 e. The molecule has 1 atom stereocenters. The first kappa shape index (κ1) is 19.1. The summed E-state index contributed by atoms with van der Waals surface area (Å²) in [7, 11) is 0. The number of rotatable bonds is 6. The van der Waals surface area contributed by atoms with Crippen LogP contribution < -0.4 is 11.1 Å². The Morgan fingerprint density at radius 1 is 1.35 bits per heavy atom. The van der Waals surface area contributed by atoms with Crippen molar-refractivity contribution in [2.24, 2.45) is 11.7 Å². The molecule has 0 bridgehead atoms. The van der Waals surface area contributed by atoms with Crippen LogP contribution >= 0.6 is 12.4 Å². The summed E-state index contributed by atoms with van der Waals surface area (Å²) in [5, 5.41) is 10.9. The van der Waals surface area contributed by atoms with Crippen molar-refractivity contribution in [3.8, 4) is 5.69 Å². The fraction of sp³-hybridized carbons (Fsp3) is 0.438. The van der Waals surface area contributed by atoms with Gasteiger partial charge in [-0.15, -0.1) is 17.5 Å². The normalized spacial score (nSPS) is 13.3. The van der Waals surface area contributed by atoms with E-state index >= 15 is 0 Å². The molecule has 0 aliphatic heterocycles. The van der Waals surface area contributed by atoms with Crippen molar-refractivity contribution in [3.63, 3.8) is 0 Å². The van der Waals surface area contributed by atoms with Gasteiger partial charge in [-0.25, -0.2) is 4.68 Å². The van der Waals surface area contributed by atoms with Gasteiger partial charge >= 0.3 is 0 Å². The lowest BCUT2D eigenvalue weighted by Crippen LogP contribution is -2.52. The predicted molar refractivity (Wildman–Crippen MR) is 93.0 cm³/mol. The van der Waals surface area contributed by atoms with Gasteiger partial charge in [0.2, 0.25) is 0 Å². The molecule has 0 saturated carbocycles. The molecule has 1 heterocycles. The van der Waals surface area contributed by atoms with Gasteiger partial charge in [0.1, 0.15) is 0 Å². The molecule has 1 amide bonds. The highest BCUT2D eigenvalue weighted by Crippen LogP contribution is 2.16. The molecule has 0 spiro atoms. The Kier molecular flexibility index (Phi) is 6.72. The average Bonchev–Trinajstić information content (AvgIpc) is 2.97. The fourth-order valence-electron chi connectivity index (χ4n) is 2.50. The van der Waals surface area contributed by atoms with Crippen molar-refractivity contribution in [3.05, 3.63) is 42.2 Å². The molecular weight excluding hydrogens is 314 g/mol. The van der Waals surface area contributed by atoms with Crippen molar-refractivity contribution in [2.45, 2.75) is 32.7 Å². The maximum absolute atomic E-state index is 12.4. The number of aromatic nitrogens is 3. The second kappa shape index (κ2) is 8.08. The number of nitrogens with two attached hydrogens (primary N) is 1. The van der Waals surface area contributed by atoms with Crippen LogP contribution in [0.4, 0.5) is 0 Å². The third-order valence-corrected chi connectivity index (χ3v) is 3.47. The molecule has 1 unspecified atom stereocenters. The summed E-state index contributed by atoms with van der Waals surface area (Å²) >= 11 is 0. The van der Waals surface area contributed by atoms with E-state index in [1.54, 1.807) is 10.9 Å². The number of benzene rings is 1. The van der Waals surface area contributed by atoms with Crippen LogP contribution in [0, 0.1) is 5.92 Å². The number of hydrogen-bond acceptors (Lipinski definition) is 4. The highest BCUT2D eigenvalue weighted by Gasteiger charge is 2.27. The zero-order valence-corrected chi connectivity index (χ0v) is 14.5. The van der Waals surface area contributed by atoms with E-state index in [0.717, 1.165) is 12.1 Å². The average molecular weight is 338 g/mol. The highest BCUT2D eigenvalue weighted by molar-refractivity contribution is 5.92. The minimum Gasteiger partial charge on any atom is -0.344 e. The molecule has 6 nitrogen and oxygen atoms in total. The smallest absolute Gasteiger partial charge is 0.273 e. The second-order valence-electron chi connectivity index (χ2n) is 6.20. The van der Waals surface area contributed by atoms with Crippen LogP contribution in [-0.4, -0.2) is 33.0 Å². The van der Waals surface area contributed by atoms with E-state index in [-0.39, 0.29) is 24.0 Å². The van der Waals surface area contributed by atoms with Gasteiger partial charge in [0.25, 0.3) is 5.91 Å². The number of carbonyl (C=O) groups is 1. The van der Waals surface area contributed by atoms with E-state index in [9.17, 15) is 4.79 Å². The maximum Gasteiger partial charge on any atom is 0.273 e. The number of halogens is 1. The molecule has 1 aromatic heterocycles. The van der Waals surface area contributed by atoms with Crippen LogP contribution in [0.15, 0.2) is 36.5 Å². The molecule has 0 saturated heterocycles. The molecule has 0 radical (unpaired) electrons. The molecule has 0 aliphatic rings. The van der Waals surface area contributed by atoms with Crippen LogP contribution in [-0.2, 0) is 0 Å². The topological polar surface area (TPSA) is 85.8 Å². The lowest BCUT2D eigenvalue weighted by atomic mass is 9.90. The minimum atomic E-state index is -0.443. The first-order chi connectivity index (χ1) is 10.4. The van der Waals surface area contributed by atoms with Gasteiger partial charge in [-0.3, -0.25) is 4.79 Å². The Bertz CT molecular complexity index is 628. The zero-order chi connectivity index (χ0) is 16.2. The lowest BCUT2D eigenvalue weighted by Gasteiger charge is -2.30. The number of nitrogens with one attached hydrogen (secondary N) is 1. The number of carbonyl (C=O) groups excluding carboxylic acids is 1. The highest BCUT2D eigenvalue weighted by atomic mass is 35.5. The Morgan fingerprint density at radius 2 is 2.00 bits per heavy atom. The molecule has 2 aromatic rings. The molecular formula is C16H24ClN5O. The summed E-state index contributed by atoms with van der Waals surface area (Å²) in [5.74, 6) is 0.185. The zero-order valence-electron chi connectivity index (χ0n) is 13.7. The summed E-state index contributed by atoms with van der Waals surface area (Å²) in [6.07, 6.45) is 2.43.